The van der Waals surface area contributed by atoms with Gasteiger partial charge in [-0.15, -0.1) is 0 Å². The minimum atomic E-state index is -3.48. The number of amides is 1. The zero-order valence-electron chi connectivity index (χ0n) is 16.2. The number of benzene rings is 2. The van der Waals surface area contributed by atoms with Crippen molar-refractivity contribution in [2.45, 2.75) is 18.2 Å². The zero-order chi connectivity index (χ0) is 21.0. The molecule has 0 radical (unpaired) electrons. The van der Waals surface area contributed by atoms with E-state index in [0.29, 0.717) is 31.7 Å². The van der Waals surface area contributed by atoms with Crippen molar-refractivity contribution in [3.05, 3.63) is 58.6 Å². The standard InChI is InChI=1S/C21H23BrN2O4S/c1-16(25)17-2-6-19(7-3-17)23-11-13-24(14-12-23)21(26)10-15-29(27,28)20-8-4-18(22)5-9-20/h2-9H,10-15H2,1H3. The van der Waals surface area contributed by atoms with Gasteiger partial charge in [-0.05, 0) is 55.5 Å². The second-order valence-corrected chi connectivity index (χ2v) is 10.0. The molecule has 6 nitrogen and oxygen atoms in total. The molecule has 1 amide bonds. The minimum Gasteiger partial charge on any atom is -0.368 e. The maximum Gasteiger partial charge on any atom is 0.223 e. The number of nitrogens with zero attached hydrogens (tertiary/aromatic N) is 2. The molecule has 0 aliphatic carbocycles. The summed E-state index contributed by atoms with van der Waals surface area (Å²) in [6, 6.07) is 13.9. The number of halogens is 1. The van der Waals surface area contributed by atoms with Gasteiger partial charge in [0.25, 0.3) is 0 Å². The average molecular weight is 479 g/mol. The lowest BCUT2D eigenvalue weighted by Crippen LogP contribution is -2.49. The summed E-state index contributed by atoms with van der Waals surface area (Å²) >= 11 is 3.28. The molecular weight excluding hydrogens is 456 g/mol. The number of ketones is 1. The van der Waals surface area contributed by atoms with Crippen LogP contribution in [-0.2, 0) is 14.6 Å². The molecule has 29 heavy (non-hydrogen) atoms. The number of hydrogen-bond donors (Lipinski definition) is 0. The summed E-state index contributed by atoms with van der Waals surface area (Å²) in [5, 5.41) is 0. The molecule has 0 N–H and O–H groups in total. The first kappa shape index (κ1) is 21.5. The lowest BCUT2D eigenvalue weighted by molar-refractivity contribution is -0.131. The van der Waals surface area contributed by atoms with Crippen molar-refractivity contribution in [3.63, 3.8) is 0 Å². The quantitative estimate of drug-likeness (QED) is 0.596. The number of sulfone groups is 1. The van der Waals surface area contributed by atoms with Gasteiger partial charge in [-0.2, -0.15) is 0 Å². The van der Waals surface area contributed by atoms with Crippen LogP contribution in [0.25, 0.3) is 0 Å². The van der Waals surface area contributed by atoms with Crippen LogP contribution in [0, 0.1) is 0 Å². The molecule has 8 heteroatoms. The maximum absolute atomic E-state index is 12.5. The molecule has 1 saturated heterocycles. The van der Waals surface area contributed by atoms with Gasteiger partial charge in [0.2, 0.25) is 5.91 Å². The van der Waals surface area contributed by atoms with Crippen LogP contribution in [0.15, 0.2) is 57.9 Å². The highest BCUT2D eigenvalue weighted by atomic mass is 79.9. The van der Waals surface area contributed by atoms with E-state index < -0.39 is 9.84 Å². The SMILES string of the molecule is CC(=O)c1ccc(N2CCN(C(=O)CCS(=O)(=O)c3ccc(Br)cc3)CC2)cc1. The normalized spacial score (nSPS) is 14.7. The van der Waals surface area contributed by atoms with Gasteiger partial charge in [0.05, 0.1) is 10.6 Å². The number of anilines is 1. The van der Waals surface area contributed by atoms with Crippen molar-refractivity contribution < 1.29 is 18.0 Å². The Hall–Kier alpha value is -2.19. The molecule has 0 atom stereocenters. The van der Waals surface area contributed by atoms with Crippen molar-refractivity contribution in [3.8, 4) is 0 Å². The van der Waals surface area contributed by atoms with E-state index in [9.17, 15) is 18.0 Å². The van der Waals surface area contributed by atoms with E-state index in [4.69, 9.17) is 0 Å². The molecule has 1 aliphatic heterocycles. The number of piperazine rings is 1. The van der Waals surface area contributed by atoms with E-state index in [2.05, 4.69) is 20.8 Å². The van der Waals surface area contributed by atoms with Crippen molar-refractivity contribution in [1.82, 2.24) is 4.90 Å². The first-order valence-corrected chi connectivity index (χ1v) is 11.8. The molecule has 1 aliphatic rings. The molecular formula is C21H23BrN2O4S. The highest BCUT2D eigenvalue weighted by Crippen LogP contribution is 2.19. The summed E-state index contributed by atoms with van der Waals surface area (Å²) in [4.78, 5) is 28.0. The Balaban J connectivity index is 1.52. The van der Waals surface area contributed by atoms with E-state index in [1.54, 1.807) is 29.2 Å². The van der Waals surface area contributed by atoms with Crippen LogP contribution in [0.3, 0.4) is 0 Å². The topological polar surface area (TPSA) is 74.8 Å². The Morgan fingerprint density at radius 2 is 1.52 bits per heavy atom. The van der Waals surface area contributed by atoms with Crippen LogP contribution in [-0.4, -0.2) is 56.9 Å². The molecule has 2 aromatic rings. The summed E-state index contributed by atoms with van der Waals surface area (Å²) < 4.78 is 25.7. The third kappa shape index (κ3) is 5.45. The van der Waals surface area contributed by atoms with Gasteiger partial charge in [0, 0.05) is 48.3 Å². The predicted octanol–water partition coefficient (Wildman–Crippen LogP) is 3.16. The highest BCUT2D eigenvalue weighted by Gasteiger charge is 2.23. The fraction of sp³-hybridized carbons (Fsp3) is 0.333. The molecule has 1 fully saturated rings. The molecule has 3 rings (SSSR count). The van der Waals surface area contributed by atoms with E-state index in [0.717, 1.165) is 10.2 Å². The molecule has 1 heterocycles. The molecule has 0 aromatic heterocycles. The maximum atomic E-state index is 12.5. The third-order valence-electron chi connectivity index (χ3n) is 5.03. The van der Waals surface area contributed by atoms with Gasteiger partial charge in [-0.25, -0.2) is 8.42 Å². The monoisotopic (exact) mass is 478 g/mol. The van der Waals surface area contributed by atoms with Crippen LogP contribution in [0.2, 0.25) is 0 Å². The lowest BCUT2D eigenvalue weighted by Gasteiger charge is -2.36. The molecule has 0 bridgehead atoms. The summed E-state index contributed by atoms with van der Waals surface area (Å²) in [5.41, 5.74) is 1.69. The van der Waals surface area contributed by atoms with E-state index in [-0.39, 0.29) is 28.8 Å². The second-order valence-electron chi connectivity index (χ2n) is 6.99. The van der Waals surface area contributed by atoms with Crippen LogP contribution in [0.5, 0.6) is 0 Å². The Labute approximate surface area is 179 Å². The first-order valence-electron chi connectivity index (χ1n) is 9.38. The van der Waals surface area contributed by atoms with Gasteiger partial charge >= 0.3 is 0 Å². The number of rotatable bonds is 6. The number of carbonyl (C=O) groups is 2. The van der Waals surface area contributed by atoms with Crippen molar-refractivity contribution >= 4 is 43.1 Å². The lowest BCUT2D eigenvalue weighted by atomic mass is 10.1. The minimum absolute atomic E-state index is 0.0221. The molecule has 0 unspecified atom stereocenters. The molecule has 154 valence electrons. The van der Waals surface area contributed by atoms with Crippen molar-refractivity contribution in [2.75, 3.05) is 36.8 Å². The summed E-state index contributed by atoms with van der Waals surface area (Å²) in [5.74, 6) is -0.303. The van der Waals surface area contributed by atoms with Crippen LogP contribution in [0.4, 0.5) is 5.69 Å². The number of hydrogen-bond acceptors (Lipinski definition) is 5. The van der Waals surface area contributed by atoms with E-state index >= 15 is 0 Å². The average Bonchev–Trinajstić information content (AvgIpc) is 2.72. The third-order valence-corrected chi connectivity index (χ3v) is 7.29. The number of Topliss-reactive ketones (excluding diaryl/α,β-unsaturated/α-hetero) is 1. The Bertz CT molecular complexity index is 980. The Kier molecular flexibility index (Phi) is 6.74. The van der Waals surface area contributed by atoms with Crippen LogP contribution in [0.1, 0.15) is 23.7 Å². The molecule has 0 spiro atoms. The van der Waals surface area contributed by atoms with Crippen molar-refractivity contribution in [2.24, 2.45) is 0 Å². The van der Waals surface area contributed by atoms with Gasteiger partial charge in [0.15, 0.2) is 15.6 Å². The van der Waals surface area contributed by atoms with Gasteiger partial charge in [0.1, 0.15) is 0 Å². The van der Waals surface area contributed by atoms with E-state index in [1.165, 1.54) is 6.92 Å². The van der Waals surface area contributed by atoms with Gasteiger partial charge < -0.3 is 9.80 Å². The smallest absolute Gasteiger partial charge is 0.223 e. The fourth-order valence-electron chi connectivity index (χ4n) is 3.26. The van der Waals surface area contributed by atoms with E-state index in [1.807, 2.05) is 24.3 Å². The largest absolute Gasteiger partial charge is 0.368 e. The zero-order valence-corrected chi connectivity index (χ0v) is 18.6. The summed E-state index contributed by atoms with van der Waals surface area (Å²) in [7, 11) is -3.48. The van der Waals surface area contributed by atoms with Crippen LogP contribution < -0.4 is 4.90 Å². The summed E-state index contributed by atoms with van der Waals surface area (Å²) in [6.07, 6.45) is -0.0221. The predicted molar refractivity (Wildman–Crippen MR) is 116 cm³/mol. The molecule has 2 aromatic carbocycles. The number of carbonyl (C=O) groups excluding carboxylic acids is 2. The summed E-state index contributed by atoms with van der Waals surface area (Å²) in [6.45, 7) is 3.98. The Morgan fingerprint density at radius 1 is 0.931 bits per heavy atom. The second kappa shape index (κ2) is 9.09. The van der Waals surface area contributed by atoms with Crippen molar-refractivity contribution in [1.29, 1.82) is 0 Å². The highest BCUT2D eigenvalue weighted by molar-refractivity contribution is 9.10. The van der Waals surface area contributed by atoms with Gasteiger partial charge in [-0.3, -0.25) is 9.59 Å². The fourth-order valence-corrected chi connectivity index (χ4v) is 4.75. The molecule has 0 saturated carbocycles. The first-order chi connectivity index (χ1) is 13.8. The van der Waals surface area contributed by atoms with Crippen LogP contribution >= 0.6 is 15.9 Å². The Morgan fingerprint density at radius 3 is 2.07 bits per heavy atom. The van der Waals surface area contributed by atoms with Gasteiger partial charge in [-0.1, -0.05) is 15.9 Å².